The average molecular weight is 212 g/mol. The largest absolute Gasteiger partial charge is 0.315 e. The number of rotatable bonds is 6. The minimum atomic E-state index is 0.714. The Balaban J connectivity index is 2.22. The average Bonchev–Trinajstić information content (AvgIpc) is 2.29. The lowest BCUT2D eigenvalue weighted by Gasteiger charge is -2.36. The van der Waals surface area contributed by atoms with Crippen molar-refractivity contribution in [2.75, 3.05) is 26.2 Å². The Labute approximate surface area is 95.4 Å². The molecular weight excluding hydrogens is 184 g/mol. The van der Waals surface area contributed by atoms with Crippen molar-refractivity contribution in [3.63, 3.8) is 0 Å². The first kappa shape index (κ1) is 13.0. The number of nitrogens with one attached hydrogen (secondary N) is 1. The maximum atomic E-state index is 3.52. The molecule has 0 aromatic heterocycles. The number of piperidine rings is 1. The molecule has 0 aromatic rings. The van der Waals surface area contributed by atoms with Crippen LogP contribution in [-0.4, -0.2) is 37.1 Å². The molecule has 0 radical (unpaired) electrons. The zero-order chi connectivity index (χ0) is 11.1. The smallest absolute Gasteiger partial charge is 0.0192 e. The van der Waals surface area contributed by atoms with E-state index in [0.717, 1.165) is 19.0 Å². The van der Waals surface area contributed by atoms with Gasteiger partial charge in [0.1, 0.15) is 0 Å². The van der Waals surface area contributed by atoms with Crippen LogP contribution in [0.5, 0.6) is 0 Å². The van der Waals surface area contributed by atoms with Crippen LogP contribution in [0.15, 0.2) is 0 Å². The van der Waals surface area contributed by atoms with Crippen LogP contribution in [0.25, 0.3) is 0 Å². The van der Waals surface area contributed by atoms with E-state index in [1.165, 1.54) is 38.8 Å². The maximum absolute atomic E-state index is 3.52. The SMILES string of the molecule is CCCNCC(C)N1CCCC(CC)C1. The summed E-state index contributed by atoms with van der Waals surface area (Å²) in [5, 5.41) is 3.52. The van der Waals surface area contributed by atoms with Crippen LogP contribution < -0.4 is 5.32 Å². The van der Waals surface area contributed by atoms with Gasteiger partial charge in [-0.05, 0) is 45.2 Å². The van der Waals surface area contributed by atoms with Gasteiger partial charge < -0.3 is 5.32 Å². The van der Waals surface area contributed by atoms with Gasteiger partial charge in [-0.15, -0.1) is 0 Å². The molecule has 0 saturated carbocycles. The van der Waals surface area contributed by atoms with Gasteiger partial charge in [-0.1, -0.05) is 20.3 Å². The van der Waals surface area contributed by atoms with Gasteiger partial charge in [0.2, 0.25) is 0 Å². The van der Waals surface area contributed by atoms with Crippen molar-refractivity contribution in [1.82, 2.24) is 10.2 Å². The molecule has 1 fully saturated rings. The fraction of sp³-hybridized carbons (Fsp3) is 1.00. The first-order chi connectivity index (χ1) is 7.27. The second-order valence-corrected chi connectivity index (χ2v) is 4.96. The molecule has 15 heavy (non-hydrogen) atoms. The lowest BCUT2D eigenvalue weighted by atomic mass is 9.95. The second kappa shape index (κ2) is 7.24. The third-order valence-corrected chi connectivity index (χ3v) is 3.62. The van der Waals surface area contributed by atoms with Crippen LogP contribution in [0, 0.1) is 5.92 Å². The van der Waals surface area contributed by atoms with E-state index in [2.05, 4.69) is 31.0 Å². The van der Waals surface area contributed by atoms with Crippen LogP contribution in [0.1, 0.15) is 46.5 Å². The fourth-order valence-corrected chi connectivity index (χ4v) is 2.45. The zero-order valence-corrected chi connectivity index (χ0v) is 10.8. The summed E-state index contributed by atoms with van der Waals surface area (Å²) >= 11 is 0. The Kier molecular flexibility index (Phi) is 6.26. The summed E-state index contributed by atoms with van der Waals surface area (Å²) in [5.41, 5.74) is 0. The van der Waals surface area contributed by atoms with Gasteiger partial charge in [-0.2, -0.15) is 0 Å². The molecule has 2 heteroatoms. The molecule has 2 unspecified atom stereocenters. The van der Waals surface area contributed by atoms with Gasteiger partial charge >= 0.3 is 0 Å². The van der Waals surface area contributed by atoms with Crippen LogP contribution in [-0.2, 0) is 0 Å². The third-order valence-electron chi connectivity index (χ3n) is 3.62. The first-order valence-corrected chi connectivity index (χ1v) is 6.72. The highest BCUT2D eigenvalue weighted by molar-refractivity contribution is 4.77. The molecule has 1 N–H and O–H groups in total. The van der Waals surface area contributed by atoms with Gasteiger partial charge in [0.05, 0.1) is 0 Å². The van der Waals surface area contributed by atoms with Gasteiger partial charge in [0.25, 0.3) is 0 Å². The van der Waals surface area contributed by atoms with Crippen molar-refractivity contribution in [2.45, 2.75) is 52.5 Å². The third kappa shape index (κ3) is 4.52. The van der Waals surface area contributed by atoms with Crippen molar-refractivity contribution in [3.8, 4) is 0 Å². The minimum Gasteiger partial charge on any atom is -0.315 e. The van der Waals surface area contributed by atoms with Crippen molar-refractivity contribution in [2.24, 2.45) is 5.92 Å². The normalized spacial score (nSPS) is 25.4. The van der Waals surface area contributed by atoms with Crippen molar-refractivity contribution < 1.29 is 0 Å². The number of likely N-dealkylation sites (tertiary alicyclic amines) is 1. The molecule has 2 nitrogen and oxygen atoms in total. The molecular formula is C13H28N2. The van der Waals surface area contributed by atoms with Crippen LogP contribution >= 0.6 is 0 Å². The van der Waals surface area contributed by atoms with E-state index in [1.54, 1.807) is 0 Å². The number of hydrogen-bond donors (Lipinski definition) is 1. The van der Waals surface area contributed by atoms with Crippen molar-refractivity contribution >= 4 is 0 Å². The Morgan fingerprint density at radius 2 is 2.20 bits per heavy atom. The van der Waals surface area contributed by atoms with E-state index in [1.807, 2.05) is 0 Å². The maximum Gasteiger partial charge on any atom is 0.0192 e. The van der Waals surface area contributed by atoms with E-state index >= 15 is 0 Å². The Bertz CT molecular complexity index is 159. The van der Waals surface area contributed by atoms with Gasteiger partial charge in [0.15, 0.2) is 0 Å². The van der Waals surface area contributed by atoms with Crippen LogP contribution in [0.4, 0.5) is 0 Å². The molecule has 1 aliphatic heterocycles. The van der Waals surface area contributed by atoms with E-state index in [4.69, 9.17) is 0 Å². The Morgan fingerprint density at radius 1 is 1.40 bits per heavy atom. The number of nitrogens with zero attached hydrogens (tertiary/aromatic N) is 1. The molecule has 1 saturated heterocycles. The molecule has 0 amide bonds. The fourth-order valence-electron chi connectivity index (χ4n) is 2.45. The highest BCUT2D eigenvalue weighted by atomic mass is 15.2. The molecule has 1 aliphatic rings. The van der Waals surface area contributed by atoms with Crippen LogP contribution in [0.2, 0.25) is 0 Å². The first-order valence-electron chi connectivity index (χ1n) is 6.72. The summed E-state index contributed by atoms with van der Waals surface area (Å²) in [6.07, 6.45) is 5.44. The summed E-state index contributed by atoms with van der Waals surface area (Å²) in [6.45, 7) is 11.9. The number of hydrogen-bond acceptors (Lipinski definition) is 2. The predicted octanol–water partition coefficient (Wildman–Crippen LogP) is 2.50. The minimum absolute atomic E-state index is 0.714. The molecule has 1 rings (SSSR count). The van der Waals surface area contributed by atoms with Crippen LogP contribution in [0.3, 0.4) is 0 Å². The van der Waals surface area contributed by atoms with E-state index in [9.17, 15) is 0 Å². The van der Waals surface area contributed by atoms with E-state index in [0.29, 0.717) is 6.04 Å². The molecule has 0 bridgehead atoms. The van der Waals surface area contributed by atoms with Gasteiger partial charge in [-0.25, -0.2) is 0 Å². The Hall–Kier alpha value is -0.0800. The molecule has 0 aromatic carbocycles. The lowest BCUT2D eigenvalue weighted by Crippen LogP contribution is -2.45. The quantitative estimate of drug-likeness (QED) is 0.681. The molecule has 1 heterocycles. The summed E-state index contributed by atoms with van der Waals surface area (Å²) < 4.78 is 0. The second-order valence-electron chi connectivity index (χ2n) is 4.96. The molecule has 0 spiro atoms. The van der Waals surface area contributed by atoms with Crippen molar-refractivity contribution in [3.05, 3.63) is 0 Å². The monoisotopic (exact) mass is 212 g/mol. The lowest BCUT2D eigenvalue weighted by molar-refractivity contribution is 0.128. The Morgan fingerprint density at radius 3 is 2.87 bits per heavy atom. The van der Waals surface area contributed by atoms with Gasteiger partial charge in [0, 0.05) is 19.1 Å². The summed E-state index contributed by atoms with van der Waals surface area (Å²) in [6, 6.07) is 0.714. The van der Waals surface area contributed by atoms with E-state index < -0.39 is 0 Å². The van der Waals surface area contributed by atoms with Crippen molar-refractivity contribution in [1.29, 1.82) is 0 Å². The van der Waals surface area contributed by atoms with E-state index in [-0.39, 0.29) is 0 Å². The molecule has 0 aliphatic carbocycles. The summed E-state index contributed by atoms with van der Waals surface area (Å²) in [5.74, 6) is 0.951. The standard InChI is InChI=1S/C13H28N2/c1-4-8-14-10-12(3)15-9-6-7-13(5-2)11-15/h12-14H,4-11H2,1-3H3. The zero-order valence-electron chi connectivity index (χ0n) is 10.8. The molecule has 90 valence electrons. The highest BCUT2D eigenvalue weighted by Gasteiger charge is 2.21. The topological polar surface area (TPSA) is 15.3 Å². The summed E-state index contributed by atoms with van der Waals surface area (Å²) in [7, 11) is 0. The highest BCUT2D eigenvalue weighted by Crippen LogP contribution is 2.20. The summed E-state index contributed by atoms with van der Waals surface area (Å²) in [4.78, 5) is 2.67. The molecule has 2 atom stereocenters. The predicted molar refractivity (Wildman–Crippen MR) is 67.2 cm³/mol. The van der Waals surface area contributed by atoms with Gasteiger partial charge in [-0.3, -0.25) is 4.90 Å².